The fourth-order valence-corrected chi connectivity index (χ4v) is 7.89. The number of rotatable bonds is 11. The van der Waals surface area contributed by atoms with E-state index in [1.54, 1.807) is 77.7 Å². The van der Waals surface area contributed by atoms with E-state index in [9.17, 15) is 29.4 Å². The van der Waals surface area contributed by atoms with Gasteiger partial charge in [0.15, 0.2) is 5.78 Å². The summed E-state index contributed by atoms with van der Waals surface area (Å²) in [6, 6.07) is 23.8. The zero-order valence-electron chi connectivity index (χ0n) is 27.3. The van der Waals surface area contributed by atoms with Gasteiger partial charge in [0.25, 0.3) is 5.91 Å². The fraction of sp³-hybridized carbons (Fsp3) is 0.231. The molecular formula is C39H35N3O7S. The topological polar surface area (TPSA) is 136 Å². The van der Waals surface area contributed by atoms with Gasteiger partial charge in [0, 0.05) is 57.7 Å². The number of thiophene rings is 1. The molecule has 0 aliphatic carbocycles. The molecule has 1 aromatic heterocycles. The van der Waals surface area contributed by atoms with E-state index in [0.29, 0.717) is 55.1 Å². The molecule has 2 aliphatic rings. The van der Waals surface area contributed by atoms with Crippen LogP contribution in [0, 0.1) is 0 Å². The van der Waals surface area contributed by atoms with Gasteiger partial charge in [-0.3, -0.25) is 29.4 Å². The molecule has 2 aliphatic heterocycles. The van der Waals surface area contributed by atoms with Gasteiger partial charge >= 0.3 is 0 Å². The first-order valence-electron chi connectivity index (χ1n) is 16.5. The van der Waals surface area contributed by atoms with E-state index in [1.807, 2.05) is 12.1 Å². The maximum absolute atomic E-state index is 13.9. The van der Waals surface area contributed by atoms with Gasteiger partial charge in [0.05, 0.1) is 0 Å². The van der Waals surface area contributed by atoms with Crippen molar-refractivity contribution >= 4 is 44.9 Å². The van der Waals surface area contributed by atoms with Crippen molar-refractivity contribution in [3.8, 4) is 27.7 Å². The van der Waals surface area contributed by atoms with Gasteiger partial charge in [0.1, 0.15) is 29.9 Å². The molecule has 254 valence electrons. The Bertz CT molecular complexity index is 2120. The number of phenols is 2. The molecule has 0 radical (unpaired) electrons. The van der Waals surface area contributed by atoms with Crippen molar-refractivity contribution in [2.75, 3.05) is 19.7 Å². The van der Waals surface area contributed by atoms with Crippen molar-refractivity contribution in [2.45, 2.75) is 38.9 Å². The summed E-state index contributed by atoms with van der Waals surface area (Å²) in [5.74, 6) is -0.187. The molecule has 1 unspecified atom stereocenters. The summed E-state index contributed by atoms with van der Waals surface area (Å²) in [7, 11) is 0. The third-order valence-electron chi connectivity index (χ3n) is 9.34. The van der Waals surface area contributed by atoms with Crippen LogP contribution in [0.2, 0.25) is 0 Å². The van der Waals surface area contributed by atoms with Crippen LogP contribution in [0.5, 0.6) is 17.2 Å². The summed E-state index contributed by atoms with van der Waals surface area (Å²) < 4.78 is 6.87. The Balaban J connectivity index is 1.01. The van der Waals surface area contributed by atoms with Crippen molar-refractivity contribution in [3.63, 3.8) is 0 Å². The molecule has 5 aromatic rings. The van der Waals surface area contributed by atoms with Gasteiger partial charge in [-0.25, -0.2) is 0 Å². The highest BCUT2D eigenvalue weighted by molar-refractivity contribution is 7.22. The number of carbonyl (C=O) groups is 4. The van der Waals surface area contributed by atoms with E-state index in [0.717, 1.165) is 38.2 Å². The molecule has 1 saturated heterocycles. The van der Waals surface area contributed by atoms with Crippen LogP contribution < -0.4 is 10.1 Å². The van der Waals surface area contributed by atoms with Crippen LogP contribution in [0.1, 0.15) is 57.2 Å². The molecule has 3 amide bonds. The first-order valence-corrected chi connectivity index (χ1v) is 17.3. The average molecular weight is 690 g/mol. The molecule has 3 N–H and O–H groups in total. The minimum atomic E-state index is -0.654. The number of likely N-dealkylation sites (N-methyl/N-ethyl adjacent to an activating group) is 1. The molecule has 11 heteroatoms. The lowest BCUT2D eigenvalue weighted by molar-refractivity contribution is -0.136. The van der Waals surface area contributed by atoms with E-state index in [2.05, 4.69) is 17.1 Å². The van der Waals surface area contributed by atoms with Crippen LogP contribution in [0.15, 0.2) is 84.9 Å². The van der Waals surface area contributed by atoms with Crippen molar-refractivity contribution in [2.24, 2.45) is 0 Å². The summed E-state index contributed by atoms with van der Waals surface area (Å²) in [4.78, 5) is 55.9. The molecule has 0 saturated carbocycles. The number of amides is 3. The number of fused-ring (bicyclic) bond motifs is 2. The lowest BCUT2D eigenvalue weighted by atomic mass is 9.97. The van der Waals surface area contributed by atoms with Crippen molar-refractivity contribution in [3.05, 3.63) is 113 Å². The van der Waals surface area contributed by atoms with E-state index < -0.39 is 11.9 Å². The van der Waals surface area contributed by atoms with Crippen molar-refractivity contribution < 1.29 is 34.1 Å². The van der Waals surface area contributed by atoms with Gasteiger partial charge in [-0.15, -0.1) is 11.3 Å². The third kappa shape index (κ3) is 6.45. The Morgan fingerprint density at radius 2 is 1.74 bits per heavy atom. The highest BCUT2D eigenvalue weighted by Crippen LogP contribution is 2.41. The lowest BCUT2D eigenvalue weighted by Gasteiger charge is -2.29. The SMILES string of the molecule is CCN(CCOc1ccc(C(=O)c2c(-c3ccc(O)cc3)sc3cc(O)ccc23)cc1)Cc1cccc2c1CN(C1CCC(=O)NC1=O)C2=O. The Morgan fingerprint density at radius 3 is 2.48 bits per heavy atom. The molecule has 0 spiro atoms. The second kappa shape index (κ2) is 13.8. The van der Waals surface area contributed by atoms with E-state index in [4.69, 9.17) is 4.74 Å². The maximum Gasteiger partial charge on any atom is 0.255 e. The van der Waals surface area contributed by atoms with E-state index in [-0.39, 0.29) is 35.5 Å². The van der Waals surface area contributed by atoms with Gasteiger partial charge in [0.2, 0.25) is 11.8 Å². The second-order valence-corrected chi connectivity index (χ2v) is 13.5. The number of ether oxygens (including phenoxy) is 1. The Morgan fingerprint density at radius 1 is 0.980 bits per heavy atom. The summed E-state index contributed by atoms with van der Waals surface area (Å²) in [6.07, 6.45) is 0.538. The number of aromatic hydroxyl groups is 2. The number of phenolic OH excluding ortho intramolecular Hbond substituents is 2. The number of hydrogen-bond donors (Lipinski definition) is 3. The largest absolute Gasteiger partial charge is 0.508 e. The molecule has 10 nitrogen and oxygen atoms in total. The van der Waals surface area contributed by atoms with Gasteiger partial charge in [-0.1, -0.05) is 19.1 Å². The minimum Gasteiger partial charge on any atom is -0.508 e. The first kappa shape index (κ1) is 33.0. The summed E-state index contributed by atoms with van der Waals surface area (Å²) >= 11 is 1.41. The Labute approximate surface area is 292 Å². The Kier molecular flexibility index (Phi) is 9.09. The number of imide groups is 1. The predicted octanol–water partition coefficient (Wildman–Crippen LogP) is 5.87. The number of benzene rings is 4. The zero-order valence-corrected chi connectivity index (χ0v) is 28.2. The summed E-state index contributed by atoms with van der Waals surface area (Å²) in [5.41, 5.74) is 4.35. The predicted molar refractivity (Wildman–Crippen MR) is 189 cm³/mol. The molecule has 50 heavy (non-hydrogen) atoms. The lowest BCUT2D eigenvalue weighted by Crippen LogP contribution is -2.52. The third-order valence-corrected chi connectivity index (χ3v) is 10.5. The van der Waals surface area contributed by atoms with Gasteiger partial charge in [-0.05, 0) is 102 Å². The van der Waals surface area contributed by atoms with Crippen LogP contribution in [0.3, 0.4) is 0 Å². The molecule has 1 atom stereocenters. The normalized spacial score (nSPS) is 15.8. The van der Waals surface area contributed by atoms with Crippen LogP contribution in [0.25, 0.3) is 20.5 Å². The van der Waals surface area contributed by atoms with Crippen molar-refractivity contribution in [1.82, 2.24) is 15.1 Å². The molecule has 0 bridgehead atoms. The number of nitrogens with zero attached hydrogens (tertiary/aromatic N) is 2. The fourth-order valence-electron chi connectivity index (χ4n) is 6.65. The van der Waals surface area contributed by atoms with Crippen LogP contribution in [0.4, 0.5) is 0 Å². The van der Waals surface area contributed by atoms with Gasteiger partial charge in [-0.2, -0.15) is 0 Å². The standard InChI is InChI=1S/C39H35N3O7S/c1-2-41(21-25-4-3-5-29-31(25)22-42(39(29)48)32-16-17-34(45)40-38(32)47)18-19-49-28-13-8-23(9-14-28)36(46)35-30-15-12-27(44)20-33(30)50-37(35)24-6-10-26(43)11-7-24/h3-15,20,32,43-44H,2,16-19,21-22H2,1H3,(H,40,45,47). The average Bonchev–Trinajstić information content (AvgIpc) is 3.66. The highest BCUT2D eigenvalue weighted by atomic mass is 32.1. The molecule has 4 aromatic carbocycles. The Hall–Kier alpha value is -5.52. The number of nitrogens with one attached hydrogen (secondary N) is 1. The monoisotopic (exact) mass is 689 g/mol. The van der Waals surface area contributed by atoms with E-state index >= 15 is 0 Å². The molecule has 1 fully saturated rings. The zero-order chi connectivity index (χ0) is 34.9. The van der Waals surface area contributed by atoms with E-state index in [1.165, 1.54) is 11.3 Å². The van der Waals surface area contributed by atoms with Gasteiger partial charge < -0.3 is 19.8 Å². The summed E-state index contributed by atoms with van der Waals surface area (Å²) in [6.45, 7) is 4.77. The first-order chi connectivity index (χ1) is 24.2. The number of ketones is 1. The molecule has 3 heterocycles. The number of piperidine rings is 1. The number of carbonyl (C=O) groups excluding carboxylic acids is 4. The maximum atomic E-state index is 13.9. The second-order valence-electron chi connectivity index (χ2n) is 12.4. The van der Waals surface area contributed by atoms with Crippen LogP contribution in [-0.2, 0) is 22.7 Å². The van der Waals surface area contributed by atoms with Crippen LogP contribution in [-0.4, -0.2) is 69.3 Å². The number of hydrogen-bond acceptors (Lipinski definition) is 9. The van der Waals surface area contributed by atoms with Crippen molar-refractivity contribution in [1.29, 1.82) is 0 Å². The quantitative estimate of drug-likeness (QED) is 0.116. The smallest absolute Gasteiger partial charge is 0.255 e. The molecular weight excluding hydrogens is 655 g/mol. The minimum absolute atomic E-state index is 0.123. The summed E-state index contributed by atoms with van der Waals surface area (Å²) in [5, 5.41) is 23.0. The van der Waals surface area contributed by atoms with Crippen LogP contribution >= 0.6 is 11.3 Å². The molecule has 7 rings (SSSR count). The highest BCUT2D eigenvalue weighted by Gasteiger charge is 2.39.